The van der Waals surface area contributed by atoms with Crippen molar-refractivity contribution in [3.05, 3.63) is 131 Å². The molecule has 2 fully saturated rings. The van der Waals surface area contributed by atoms with E-state index in [9.17, 15) is 9.90 Å². The van der Waals surface area contributed by atoms with Gasteiger partial charge in [0.05, 0.1) is 36.0 Å². The van der Waals surface area contributed by atoms with Crippen LogP contribution in [0.5, 0.6) is 0 Å². The van der Waals surface area contributed by atoms with Crippen molar-refractivity contribution in [1.29, 1.82) is 0 Å². The summed E-state index contributed by atoms with van der Waals surface area (Å²) < 4.78 is 13.3. The van der Waals surface area contributed by atoms with Crippen molar-refractivity contribution in [1.82, 2.24) is 20.2 Å². The van der Waals surface area contributed by atoms with Crippen molar-refractivity contribution >= 4 is 16.9 Å². The molecule has 49 heavy (non-hydrogen) atoms. The molecule has 3 heterocycles. The zero-order valence-electron chi connectivity index (χ0n) is 27.8. The Morgan fingerprint density at radius 3 is 2.29 bits per heavy atom. The van der Waals surface area contributed by atoms with E-state index in [-0.39, 0.29) is 24.7 Å². The first-order valence-electron chi connectivity index (χ1n) is 17.5. The number of hydrogen-bond acceptors (Lipinski definition) is 7. The molecule has 8 nitrogen and oxygen atoms in total. The number of ether oxygens (including phenoxy) is 2. The number of likely N-dealkylation sites (tertiary alicyclic amines) is 1. The number of nitrogens with one attached hydrogen (secondary N) is 1. The second-order valence-corrected chi connectivity index (χ2v) is 13.2. The molecule has 5 aromatic rings. The molecule has 0 radical (unpaired) electrons. The van der Waals surface area contributed by atoms with Gasteiger partial charge in [0.15, 0.2) is 6.29 Å². The highest BCUT2D eigenvalue weighted by molar-refractivity contribution is 5.93. The van der Waals surface area contributed by atoms with Gasteiger partial charge in [-0.05, 0) is 71.9 Å². The number of aromatic nitrogens is 2. The Bertz CT molecular complexity index is 1840. The van der Waals surface area contributed by atoms with Crippen molar-refractivity contribution in [3.8, 4) is 11.1 Å². The molecule has 2 saturated heterocycles. The molecule has 2 N–H and O–H groups in total. The van der Waals surface area contributed by atoms with Crippen molar-refractivity contribution < 1.29 is 19.4 Å². The molecule has 0 saturated carbocycles. The van der Waals surface area contributed by atoms with Gasteiger partial charge in [-0.15, -0.1) is 0 Å². The van der Waals surface area contributed by atoms with Gasteiger partial charge in [0.1, 0.15) is 5.69 Å². The molecule has 0 bridgehead atoms. The summed E-state index contributed by atoms with van der Waals surface area (Å²) in [6, 6.07) is 32.2. The van der Waals surface area contributed by atoms with Crippen LogP contribution in [0.3, 0.4) is 0 Å². The van der Waals surface area contributed by atoms with Crippen molar-refractivity contribution in [2.24, 2.45) is 0 Å². The summed E-state index contributed by atoms with van der Waals surface area (Å²) in [6.45, 7) is 3.55. The maximum Gasteiger partial charge on any atom is 0.271 e. The Labute approximate surface area is 288 Å². The van der Waals surface area contributed by atoms with Crippen molar-refractivity contribution in [2.75, 3.05) is 19.6 Å². The number of aliphatic hydroxyl groups excluding tert-OH is 1. The molecule has 0 aliphatic carbocycles. The first-order valence-corrected chi connectivity index (χ1v) is 17.5. The summed E-state index contributed by atoms with van der Waals surface area (Å²) >= 11 is 0. The smallest absolute Gasteiger partial charge is 0.271 e. The van der Waals surface area contributed by atoms with Crippen LogP contribution < -0.4 is 5.32 Å². The number of aliphatic hydroxyl groups is 1. The summed E-state index contributed by atoms with van der Waals surface area (Å²) in [5.74, 6) is -0.257. The summed E-state index contributed by atoms with van der Waals surface area (Å²) in [5.41, 5.74) is 7.86. The van der Waals surface area contributed by atoms with E-state index in [1.54, 1.807) is 0 Å². The zero-order chi connectivity index (χ0) is 33.4. The lowest BCUT2D eigenvalue weighted by atomic mass is 9.98. The number of amides is 1. The second-order valence-electron chi connectivity index (χ2n) is 13.2. The van der Waals surface area contributed by atoms with Gasteiger partial charge in [0.2, 0.25) is 0 Å². The summed E-state index contributed by atoms with van der Waals surface area (Å²) in [6.07, 6.45) is 8.21. The maximum absolute atomic E-state index is 12.9. The van der Waals surface area contributed by atoms with Crippen molar-refractivity contribution in [2.45, 2.75) is 70.2 Å². The number of benzene rings is 4. The van der Waals surface area contributed by atoms with Gasteiger partial charge in [-0.25, -0.2) is 4.98 Å². The molecule has 2 aliphatic rings. The number of fused-ring (bicyclic) bond motifs is 1. The number of carbonyl (C=O) groups is 1. The molecule has 7 rings (SSSR count). The summed E-state index contributed by atoms with van der Waals surface area (Å²) in [4.78, 5) is 24.3. The van der Waals surface area contributed by atoms with E-state index in [0.717, 1.165) is 65.0 Å². The Morgan fingerprint density at radius 2 is 1.51 bits per heavy atom. The Morgan fingerprint density at radius 1 is 0.776 bits per heavy atom. The van der Waals surface area contributed by atoms with E-state index in [0.29, 0.717) is 17.8 Å². The van der Waals surface area contributed by atoms with E-state index >= 15 is 0 Å². The topological polar surface area (TPSA) is 96.8 Å². The Hall–Kier alpha value is -4.47. The Balaban J connectivity index is 1.03. The van der Waals surface area contributed by atoms with E-state index in [1.165, 1.54) is 38.3 Å². The van der Waals surface area contributed by atoms with E-state index < -0.39 is 6.29 Å². The standard InChI is InChI=1S/C41H44N4O4/c46-28-29-13-15-32(16-14-29)39-24-35(27-45-21-6-2-1-3-7-22-45)48-41(49-39)33-19-17-31(18-20-33)34-10-8-9-30(23-34)25-43-40(47)38-26-42-36-11-4-5-12-37(36)44-38/h4-5,8-20,23,26,35,39,41,46H,1-3,6-7,21-22,24-25,27-28H2,(H,43,47). The molecular weight excluding hydrogens is 612 g/mol. The van der Waals surface area contributed by atoms with Crippen molar-refractivity contribution in [3.63, 3.8) is 0 Å². The average Bonchev–Trinajstić information content (AvgIpc) is 3.15. The van der Waals surface area contributed by atoms with E-state index in [4.69, 9.17) is 9.47 Å². The number of nitrogens with zero attached hydrogens (tertiary/aromatic N) is 3. The molecular formula is C41H44N4O4. The number of hydrogen-bond donors (Lipinski definition) is 2. The van der Waals surface area contributed by atoms with Crippen LogP contribution in [0.1, 0.15) is 83.7 Å². The first kappa shape index (κ1) is 33.0. The van der Waals surface area contributed by atoms with E-state index in [1.807, 2.05) is 48.5 Å². The number of carbonyl (C=O) groups excluding carboxylic acids is 1. The van der Waals surface area contributed by atoms with E-state index in [2.05, 4.69) is 68.7 Å². The third-order valence-corrected chi connectivity index (χ3v) is 9.60. The van der Waals surface area contributed by atoms with Gasteiger partial charge in [0.25, 0.3) is 5.91 Å². The molecule has 1 aromatic heterocycles. The maximum atomic E-state index is 12.9. The lowest BCUT2D eigenvalue weighted by Gasteiger charge is -2.38. The lowest BCUT2D eigenvalue weighted by Crippen LogP contribution is -2.40. The quantitative estimate of drug-likeness (QED) is 0.169. The molecule has 3 unspecified atom stereocenters. The molecule has 8 heteroatoms. The van der Waals surface area contributed by atoms with Gasteiger partial charge < -0.3 is 24.8 Å². The lowest BCUT2D eigenvalue weighted by molar-refractivity contribution is -0.253. The molecule has 1 amide bonds. The SMILES string of the molecule is O=C(NCc1cccc(-c2ccc(C3OC(CN4CCCCCCC4)CC(c4ccc(CO)cc4)O3)cc2)c1)c1cnc2ccccc2n1. The fourth-order valence-corrected chi connectivity index (χ4v) is 6.85. The molecule has 4 aromatic carbocycles. The highest BCUT2D eigenvalue weighted by Gasteiger charge is 2.33. The van der Waals surface area contributed by atoms with Crippen LogP contribution in [-0.2, 0) is 22.6 Å². The Kier molecular flexibility index (Phi) is 10.7. The first-order chi connectivity index (χ1) is 24.1. The molecule has 3 atom stereocenters. The molecule has 0 spiro atoms. The summed E-state index contributed by atoms with van der Waals surface area (Å²) in [7, 11) is 0. The zero-order valence-corrected chi connectivity index (χ0v) is 27.8. The van der Waals surface area contributed by atoms with Gasteiger partial charge >= 0.3 is 0 Å². The predicted octanol–water partition coefficient (Wildman–Crippen LogP) is 7.53. The normalized spacial score (nSPS) is 20.4. The highest BCUT2D eigenvalue weighted by Crippen LogP contribution is 2.39. The van der Waals surface area contributed by atoms with Crippen LogP contribution in [-0.4, -0.2) is 51.6 Å². The monoisotopic (exact) mass is 656 g/mol. The van der Waals surface area contributed by atoms with Crippen LogP contribution in [0.25, 0.3) is 22.2 Å². The average molecular weight is 657 g/mol. The third-order valence-electron chi connectivity index (χ3n) is 9.60. The highest BCUT2D eigenvalue weighted by atomic mass is 16.7. The minimum absolute atomic E-state index is 0.0273. The van der Waals surface area contributed by atoms with Crippen LogP contribution >= 0.6 is 0 Å². The predicted molar refractivity (Wildman–Crippen MR) is 191 cm³/mol. The second kappa shape index (κ2) is 15.8. The molecule has 252 valence electrons. The number of para-hydroxylation sites is 2. The van der Waals surface area contributed by atoms with Gasteiger partial charge in [-0.2, -0.15) is 0 Å². The molecule has 2 aliphatic heterocycles. The van der Waals surface area contributed by atoms with Gasteiger partial charge in [0, 0.05) is 25.1 Å². The minimum Gasteiger partial charge on any atom is -0.392 e. The third kappa shape index (κ3) is 8.40. The van der Waals surface area contributed by atoms with Crippen LogP contribution in [0, 0.1) is 0 Å². The van der Waals surface area contributed by atoms with Crippen LogP contribution in [0.15, 0.2) is 103 Å². The van der Waals surface area contributed by atoms with Gasteiger partial charge in [-0.3, -0.25) is 9.78 Å². The fraction of sp³-hybridized carbons (Fsp3) is 0.341. The van der Waals surface area contributed by atoms with Gasteiger partial charge in [-0.1, -0.05) is 98.1 Å². The van der Waals surface area contributed by atoms with Crippen LogP contribution in [0.2, 0.25) is 0 Å². The fourth-order valence-electron chi connectivity index (χ4n) is 6.85. The largest absolute Gasteiger partial charge is 0.392 e. The van der Waals surface area contributed by atoms with Crippen LogP contribution in [0.4, 0.5) is 0 Å². The minimum atomic E-state index is -0.482. The number of rotatable bonds is 9. The summed E-state index contributed by atoms with van der Waals surface area (Å²) in [5, 5.41) is 12.5.